The second-order valence-electron chi connectivity index (χ2n) is 4.74. The van der Waals surface area contributed by atoms with Crippen LogP contribution >= 0.6 is 0 Å². The molecule has 1 aromatic rings. The van der Waals surface area contributed by atoms with Gasteiger partial charge in [-0.2, -0.15) is 0 Å². The molecule has 0 aliphatic rings. The monoisotopic (exact) mass is 223 g/mol. The van der Waals surface area contributed by atoms with Gasteiger partial charge in [0.1, 0.15) is 5.75 Å². The third-order valence-electron chi connectivity index (χ3n) is 3.10. The molecular formula is C13H21NO2. The van der Waals surface area contributed by atoms with Gasteiger partial charge in [-0.15, -0.1) is 0 Å². The summed E-state index contributed by atoms with van der Waals surface area (Å²) in [6.07, 6.45) is 0. The van der Waals surface area contributed by atoms with Gasteiger partial charge in [0.05, 0.1) is 18.8 Å². The summed E-state index contributed by atoms with van der Waals surface area (Å²) < 4.78 is 5.24. The number of nitrogens with two attached hydrogens (primary N) is 1. The highest BCUT2D eigenvalue weighted by molar-refractivity contribution is 5.45. The number of hydrogen-bond acceptors (Lipinski definition) is 3. The maximum atomic E-state index is 9.93. The molecule has 90 valence electrons. The molecule has 0 aromatic heterocycles. The summed E-state index contributed by atoms with van der Waals surface area (Å²) in [6.45, 7) is 7.43. The molecule has 16 heavy (non-hydrogen) atoms. The minimum absolute atomic E-state index is 0.392. The molecule has 3 nitrogen and oxygen atoms in total. The van der Waals surface area contributed by atoms with E-state index in [4.69, 9.17) is 10.5 Å². The number of aliphatic hydroxyl groups is 1. The molecule has 0 amide bonds. The Kier molecular flexibility index (Phi) is 3.61. The van der Waals surface area contributed by atoms with Crippen molar-refractivity contribution in [2.75, 3.05) is 7.11 Å². The molecule has 0 aliphatic heterocycles. The Hall–Kier alpha value is -1.06. The summed E-state index contributed by atoms with van der Waals surface area (Å²) in [5.41, 5.74) is 8.23. The van der Waals surface area contributed by atoms with E-state index in [1.807, 2.05) is 26.0 Å². The lowest BCUT2D eigenvalue weighted by molar-refractivity contribution is 0.0514. The minimum Gasteiger partial charge on any atom is -0.496 e. The van der Waals surface area contributed by atoms with Crippen LogP contribution < -0.4 is 10.5 Å². The van der Waals surface area contributed by atoms with Crippen LogP contribution in [0.5, 0.6) is 5.75 Å². The van der Waals surface area contributed by atoms with E-state index in [0.717, 1.165) is 22.4 Å². The van der Waals surface area contributed by atoms with Crippen molar-refractivity contribution in [3.63, 3.8) is 0 Å². The fraction of sp³-hybridized carbons (Fsp3) is 0.538. The summed E-state index contributed by atoms with van der Waals surface area (Å²) in [6, 6.07) is 3.42. The van der Waals surface area contributed by atoms with Gasteiger partial charge in [-0.1, -0.05) is 6.07 Å². The lowest BCUT2D eigenvalue weighted by Gasteiger charge is -2.28. The van der Waals surface area contributed by atoms with Crippen LogP contribution in [0.1, 0.15) is 36.6 Å². The minimum atomic E-state index is -0.925. The molecule has 0 fully saturated rings. The molecule has 0 spiro atoms. The fourth-order valence-electron chi connectivity index (χ4n) is 1.76. The van der Waals surface area contributed by atoms with Crippen molar-refractivity contribution < 1.29 is 9.84 Å². The quantitative estimate of drug-likeness (QED) is 0.825. The number of hydrogen-bond donors (Lipinski definition) is 2. The molecule has 0 radical (unpaired) electrons. The Bertz CT molecular complexity index is 380. The largest absolute Gasteiger partial charge is 0.496 e. The molecule has 1 rings (SSSR count). The van der Waals surface area contributed by atoms with E-state index in [1.165, 1.54) is 0 Å². The maximum Gasteiger partial charge on any atom is 0.122 e. The van der Waals surface area contributed by atoms with Crippen LogP contribution in [0.25, 0.3) is 0 Å². The van der Waals surface area contributed by atoms with Crippen molar-refractivity contribution in [3.05, 3.63) is 28.8 Å². The van der Waals surface area contributed by atoms with Crippen LogP contribution in [-0.4, -0.2) is 17.8 Å². The highest BCUT2D eigenvalue weighted by Crippen LogP contribution is 2.31. The van der Waals surface area contributed by atoms with Gasteiger partial charge in [-0.25, -0.2) is 0 Å². The van der Waals surface area contributed by atoms with E-state index in [2.05, 4.69) is 0 Å². The Morgan fingerprint density at radius 2 is 1.81 bits per heavy atom. The first-order valence-corrected chi connectivity index (χ1v) is 5.41. The van der Waals surface area contributed by atoms with Crippen LogP contribution in [0.2, 0.25) is 0 Å². The zero-order chi connectivity index (χ0) is 12.5. The smallest absolute Gasteiger partial charge is 0.122 e. The number of rotatable bonds is 3. The third-order valence-corrected chi connectivity index (χ3v) is 3.10. The van der Waals surface area contributed by atoms with E-state index in [9.17, 15) is 5.11 Å². The molecule has 0 saturated carbocycles. The molecule has 1 unspecified atom stereocenters. The van der Waals surface area contributed by atoms with E-state index in [-0.39, 0.29) is 0 Å². The van der Waals surface area contributed by atoms with Crippen molar-refractivity contribution in [1.29, 1.82) is 0 Å². The molecule has 0 bridgehead atoms. The average Bonchev–Trinajstić information content (AvgIpc) is 2.20. The van der Waals surface area contributed by atoms with E-state index < -0.39 is 11.6 Å². The van der Waals surface area contributed by atoms with E-state index in [1.54, 1.807) is 21.0 Å². The van der Waals surface area contributed by atoms with Gasteiger partial charge in [-0.05, 0) is 50.5 Å². The summed E-state index contributed by atoms with van der Waals surface area (Å²) in [4.78, 5) is 0. The van der Waals surface area contributed by atoms with Crippen molar-refractivity contribution in [1.82, 2.24) is 0 Å². The van der Waals surface area contributed by atoms with E-state index in [0.29, 0.717) is 0 Å². The molecule has 0 aliphatic carbocycles. The fourth-order valence-corrected chi connectivity index (χ4v) is 1.76. The summed E-state index contributed by atoms with van der Waals surface area (Å²) >= 11 is 0. The van der Waals surface area contributed by atoms with Gasteiger partial charge in [0.2, 0.25) is 0 Å². The first kappa shape index (κ1) is 13.0. The zero-order valence-corrected chi connectivity index (χ0v) is 10.7. The second kappa shape index (κ2) is 4.44. The van der Waals surface area contributed by atoms with Gasteiger partial charge in [-0.3, -0.25) is 0 Å². The first-order chi connectivity index (χ1) is 7.29. The molecular weight excluding hydrogens is 202 g/mol. The molecule has 1 atom stereocenters. The summed E-state index contributed by atoms with van der Waals surface area (Å²) in [5, 5.41) is 9.93. The summed E-state index contributed by atoms with van der Waals surface area (Å²) in [7, 11) is 1.65. The van der Waals surface area contributed by atoms with Gasteiger partial charge in [0, 0.05) is 0 Å². The van der Waals surface area contributed by atoms with Crippen LogP contribution in [0.3, 0.4) is 0 Å². The van der Waals surface area contributed by atoms with Gasteiger partial charge in [0.25, 0.3) is 0 Å². The maximum absolute atomic E-state index is 9.93. The third kappa shape index (κ3) is 2.36. The number of methoxy groups -OCH3 is 1. The highest BCUT2D eigenvalue weighted by atomic mass is 16.5. The Morgan fingerprint density at radius 3 is 2.25 bits per heavy atom. The number of benzene rings is 1. The highest BCUT2D eigenvalue weighted by Gasteiger charge is 2.26. The average molecular weight is 223 g/mol. The van der Waals surface area contributed by atoms with Crippen molar-refractivity contribution >= 4 is 0 Å². The molecule has 0 heterocycles. The predicted octanol–water partition coefficient (Wildman–Crippen LogP) is 2.08. The molecule has 0 saturated heterocycles. The van der Waals surface area contributed by atoms with Crippen molar-refractivity contribution in [3.8, 4) is 5.75 Å². The normalized spacial score (nSPS) is 13.7. The van der Waals surface area contributed by atoms with Crippen molar-refractivity contribution in [2.24, 2.45) is 5.73 Å². The Balaban J connectivity index is 3.22. The summed E-state index contributed by atoms with van der Waals surface area (Å²) in [5.74, 6) is 0.851. The van der Waals surface area contributed by atoms with E-state index >= 15 is 0 Å². The van der Waals surface area contributed by atoms with Gasteiger partial charge >= 0.3 is 0 Å². The van der Waals surface area contributed by atoms with Crippen LogP contribution in [-0.2, 0) is 0 Å². The zero-order valence-electron chi connectivity index (χ0n) is 10.7. The SMILES string of the molecule is COc1ccc(C(N)C(C)(C)O)c(C)c1C. The standard InChI is InChI=1S/C13H21NO2/c1-8-9(2)11(16-5)7-6-10(8)12(14)13(3,4)15/h6-7,12,15H,14H2,1-5H3. The molecule has 3 heteroatoms. The van der Waals surface area contributed by atoms with Crippen LogP contribution in [0.15, 0.2) is 12.1 Å². The lowest BCUT2D eigenvalue weighted by Crippen LogP contribution is -2.35. The Labute approximate surface area is 97.2 Å². The second-order valence-corrected chi connectivity index (χ2v) is 4.74. The first-order valence-electron chi connectivity index (χ1n) is 5.41. The van der Waals surface area contributed by atoms with Gasteiger partial charge < -0.3 is 15.6 Å². The molecule has 1 aromatic carbocycles. The topological polar surface area (TPSA) is 55.5 Å². The van der Waals surface area contributed by atoms with Crippen molar-refractivity contribution in [2.45, 2.75) is 39.3 Å². The van der Waals surface area contributed by atoms with Crippen LogP contribution in [0, 0.1) is 13.8 Å². The molecule has 3 N–H and O–H groups in total. The van der Waals surface area contributed by atoms with Gasteiger partial charge in [0.15, 0.2) is 0 Å². The number of ether oxygens (including phenoxy) is 1. The predicted molar refractivity (Wildman–Crippen MR) is 65.7 cm³/mol. The lowest BCUT2D eigenvalue weighted by atomic mass is 9.88. The van der Waals surface area contributed by atoms with Crippen LogP contribution in [0.4, 0.5) is 0 Å². The Morgan fingerprint density at radius 1 is 1.25 bits per heavy atom.